The van der Waals surface area contributed by atoms with Crippen molar-refractivity contribution in [2.75, 3.05) is 10.8 Å². The molecule has 1 aromatic heterocycles. The van der Waals surface area contributed by atoms with Crippen LogP contribution in [0.15, 0.2) is 64.9 Å². The molecule has 0 aliphatic carbocycles. The lowest BCUT2D eigenvalue weighted by Crippen LogP contribution is -2.29. The molecule has 0 fully saturated rings. The second kappa shape index (κ2) is 8.41. The molecule has 154 valence electrons. The van der Waals surface area contributed by atoms with Crippen molar-refractivity contribution in [3.8, 4) is 0 Å². The van der Waals surface area contributed by atoms with Gasteiger partial charge in [0.05, 0.1) is 21.3 Å². The normalized spacial score (nSPS) is 13.6. The molecule has 0 atom stereocenters. The molecule has 0 N–H and O–H groups in total. The van der Waals surface area contributed by atoms with Crippen LogP contribution < -0.4 is 4.31 Å². The molecule has 8 heteroatoms. The van der Waals surface area contributed by atoms with E-state index in [1.54, 1.807) is 30.3 Å². The first-order valence-corrected chi connectivity index (χ1v) is 11.7. The Morgan fingerprint density at radius 2 is 1.97 bits per heavy atom. The maximum atomic E-state index is 13.0. The number of carbonyl (C=O) groups is 1. The van der Waals surface area contributed by atoms with Crippen molar-refractivity contribution in [2.45, 2.75) is 24.8 Å². The van der Waals surface area contributed by atoms with Crippen LogP contribution in [0.25, 0.3) is 6.08 Å². The monoisotopic (exact) mass is 440 g/mol. The lowest BCUT2D eigenvalue weighted by atomic mass is 10.2. The number of carbonyl (C=O) groups excluding carboxylic acids is 1. The van der Waals surface area contributed by atoms with Gasteiger partial charge >= 0.3 is 5.97 Å². The first-order chi connectivity index (χ1) is 14.4. The van der Waals surface area contributed by atoms with Gasteiger partial charge in [0, 0.05) is 18.0 Å². The largest absolute Gasteiger partial charge is 0.456 e. The van der Waals surface area contributed by atoms with Crippen molar-refractivity contribution < 1.29 is 17.9 Å². The van der Waals surface area contributed by atoms with Crippen molar-refractivity contribution in [3.63, 3.8) is 0 Å². The van der Waals surface area contributed by atoms with E-state index in [0.717, 1.165) is 22.0 Å². The summed E-state index contributed by atoms with van der Waals surface area (Å²) in [5, 5.41) is 2.77. The molecule has 0 unspecified atom stereocenters. The smallest absolute Gasteiger partial charge is 0.331 e. The molecule has 0 amide bonds. The fourth-order valence-corrected chi connectivity index (χ4v) is 5.37. The third-order valence-corrected chi connectivity index (χ3v) is 7.40. The summed E-state index contributed by atoms with van der Waals surface area (Å²) in [6.45, 7) is 2.46. The van der Waals surface area contributed by atoms with E-state index >= 15 is 0 Å². The Morgan fingerprint density at radius 3 is 2.70 bits per heavy atom. The second-order valence-corrected chi connectivity index (χ2v) is 9.75. The average Bonchev–Trinajstić information content (AvgIpc) is 3.37. The number of hydrogen-bond acceptors (Lipinski definition) is 6. The molecule has 2 heterocycles. The highest BCUT2D eigenvalue weighted by atomic mass is 32.2. The number of aryl methyl sites for hydroxylation is 1. The molecule has 0 saturated heterocycles. The highest BCUT2D eigenvalue weighted by Gasteiger charge is 2.30. The van der Waals surface area contributed by atoms with Gasteiger partial charge in [-0.25, -0.2) is 18.2 Å². The number of esters is 1. The Hall–Kier alpha value is -2.97. The van der Waals surface area contributed by atoms with Crippen LogP contribution in [0.4, 0.5) is 5.69 Å². The Morgan fingerprint density at radius 1 is 1.20 bits per heavy atom. The minimum atomic E-state index is -3.63. The van der Waals surface area contributed by atoms with Gasteiger partial charge in [-0.05, 0) is 48.7 Å². The first kappa shape index (κ1) is 20.3. The zero-order chi connectivity index (χ0) is 21.1. The molecule has 1 aliphatic heterocycles. The van der Waals surface area contributed by atoms with Gasteiger partial charge < -0.3 is 4.74 Å². The molecule has 0 saturated carbocycles. The summed E-state index contributed by atoms with van der Waals surface area (Å²) >= 11 is 1.50. The van der Waals surface area contributed by atoms with E-state index < -0.39 is 16.0 Å². The topological polar surface area (TPSA) is 76.6 Å². The van der Waals surface area contributed by atoms with Crippen molar-refractivity contribution in [3.05, 3.63) is 81.8 Å². The van der Waals surface area contributed by atoms with Gasteiger partial charge in [0.1, 0.15) is 6.61 Å². The predicted molar refractivity (Wildman–Crippen MR) is 117 cm³/mol. The summed E-state index contributed by atoms with van der Waals surface area (Å²) in [6.07, 6.45) is 3.62. The van der Waals surface area contributed by atoms with Crippen molar-refractivity contribution >= 4 is 39.1 Å². The summed E-state index contributed by atoms with van der Waals surface area (Å²) in [5.74, 6) is -0.481. The van der Waals surface area contributed by atoms with Crippen molar-refractivity contribution in [2.24, 2.45) is 0 Å². The van der Waals surface area contributed by atoms with E-state index in [1.165, 1.54) is 21.7 Å². The number of ether oxygens (including phenoxy) is 1. The molecule has 4 rings (SSSR count). The van der Waals surface area contributed by atoms with Gasteiger partial charge in [0.2, 0.25) is 0 Å². The minimum Gasteiger partial charge on any atom is -0.456 e. The number of para-hydroxylation sites is 1. The summed E-state index contributed by atoms with van der Waals surface area (Å²) in [5.41, 5.74) is 3.20. The Bertz CT molecular complexity index is 1200. The number of anilines is 1. The summed E-state index contributed by atoms with van der Waals surface area (Å²) in [4.78, 5) is 16.3. The average molecular weight is 441 g/mol. The maximum absolute atomic E-state index is 13.0. The summed E-state index contributed by atoms with van der Waals surface area (Å²) in [7, 11) is -3.63. The number of aromatic nitrogens is 1. The molecule has 0 spiro atoms. The van der Waals surface area contributed by atoms with Crippen LogP contribution in [0.5, 0.6) is 0 Å². The molecular weight excluding hydrogens is 420 g/mol. The second-order valence-electron chi connectivity index (χ2n) is 6.82. The zero-order valence-corrected chi connectivity index (χ0v) is 17.9. The Balaban J connectivity index is 1.41. The number of nitrogens with zero attached hydrogens (tertiary/aromatic N) is 2. The summed E-state index contributed by atoms with van der Waals surface area (Å²) in [6, 6.07) is 14.0. The van der Waals surface area contributed by atoms with E-state index in [0.29, 0.717) is 18.5 Å². The van der Waals surface area contributed by atoms with Gasteiger partial charge in [0.25, 0.3) is 10.0 Å². The molecular formula is C22H20N2O4S2. The van der Waals surface area contributed by atoms with Gasteiger partial charge in [0.15, 0.2) is 0 Å². The molecule has 0 bridgehead atoms. The van der Waals surface area contributed by atoms with E-state index in [-0.39, 0.29) is 11.5 Å². The predicted octanol–water partition coefficient (Wildman–Crippen LogP) is 3.96. The van der Waals surface area contributed by atoms with Crippen LogP contribution in [0.3, 0.4) is 0 Å². The van der Waals surface area contributed by atoms with Crippen LogP contribution in [0.2, 0.25) is 0 Å². The lowest BCUT2D eigenvalue weighted by molar-refractivity contribution is -0.139. The van der Waals surface area contributed by atoms with Crippen molar-refractivity contribution in [1.82, 2.24) is 4.98 Å². The highest BCUT2D eigenvalue weighted by molar-refractivity contribution is 7.92. The SMILES string of the molecule is Cc1nc(COC(=O)C=Cc2ccc(S(=O)(=O)N3CCc4ccccc43)cc2)cs1. The van der Waals surface area contributed by atoms with Crippen LogP contribution in [-0.4, -0.2) is 25.9 Å². The first-order valence-electron chi connectivity index (χ1n) is 9.40. The quantitative estimate of drug-likeness (QED) is 0.428. The fourth-order valence-electron chi connectivity index (χ4n) is 3.27. The van der Waals surface area contributed by atoms with E-state index in [9.17, 15) is 13.2 Å². The number of hydrogen-bond donors (Lipinski definition) is 0. The fraction of sp³-hybridized carbons (Fsp3) is 0.182. The standard InChI is InChI=1S/C22H20N2O4S2/c1-16-23-19(15-29-16)14-28-22(25)11-8-17-6-9-20(10-7-17)30(26,27)24-13-12-18-4-2-3-5-21(18)24/h2-11,15H,12-14H2,1H3. The third-order valence-electron chi connectivity index (χ3n) is 4.75. The van der Waals surface area contributed by atoms with Gasteiger partial charge in [-0.15, -0.1) is 11.3 Å². The molecule has 3 aromatic rings. The number of rotatable bonds is 6. The molecule has 6 nitrogen and oxygen atoms in total. The van der Waals surface area contributed by atoms with Crippen LogP contribution in [-0.2, 0) is 32.6 Å². The van der Waals surface area contributed by atoms with E-state index in [1.807, 2.05) is 36.6 Å². The van der Waals surface area contributed by atoms with Crippen molar-refractivity contribution in [1.29, 1.82) is 0 Å². The zero-order valence-electron chi connectivity index (χ0n) is 16.3. The Labute approximate surface area is 179 Å². The van der Waals surface area contributed by atoms with E-state index in [4.69, 9.17) is 4.74 Å². The molecule has 2 aromatic carbocycles. The number of thiazole rings is 1. The third kappa shape index (κ3) is 4.29. The van der Waals surface area contributed by atoms with Crippen LogP contribution in [0.1, 0.15) is 21.8 Å². The molecule has 1 aliphatic rings. The number of benzene rings is 2. The number of fused-ring (bicyclic) bond motifs is 1. The lowest BCUT2D eigenvalue weighted by Gasteiger charge is -2.19. The molecule has 30 heavy (non-hydrogen) atoms. The van der Waals surface area contributed by atoms with E-state index in [2.05, 4.69) is 4.98 Å². The molecule has 0 radical (unpaired) electrons. The summed E-state index contributed by atoms with van der Waals surface area (Å²) < 4.78 is 32.7. The van der Waals surface area contributed by atoms with Crippen LogP contribution >= 0.6 is 11.3 Å². The van der Waals surface area contributed by atoms with Gasteiger partial charge in [-0.2, -0.15) is 0 Å². The Kier molecular flexibility index (Phi) is 5.69. The van der Waals surface area contributed by atoms with Crippen LogP contribution in [0, 0.1) is 6.92 Å². The van der Waals surface area contributed by atoms with Gasteiger partial charge in [-0.3, -0.25) is 4.31 Å². The maximum Gasteiger partial charge on any atom is 0.331 e. The number of sulfonamides is 1. The van der Waals surface area contributed by atoms with Gasteiger partial charge in [-0.1, -0.05) is 30.3 Å². The highest BCUT2D eigenvalue weighted by Crippen LogP contribution is 2.32. The minimum absolute atomic E-state index is 0.127.